The Balaban J connectivity index is 0.00000161. The monoisotopic (exact) mass is 317 g/mol. The zero-order chi connectivity index (χ0) is 14.2. The summed E-state index contributed by atoms with van der Waals surface area (Å²) in [6.07, 6.45) is 6.99. The molecule has 2 aromatic rings. The molecule has 1 aromatic carbocycles. The molecular weight excluding hydrogens is 282 g/mol. The van der Waals surface area contributed by atoms with Gasteiger partial charge in [0.05, 0.1) is 6.33 Å². The molecule has 0 N–H and O–H groups in total. The number of nitrogens with zero attached hydrogens (tertiary/aromatic N) is 3. The van der Waals surface area contributed by atoms with E-state index in [4.69, 9.17) is 0 Å². The Labute approximate surface area is 143 Å². The van der Waals surface area contributed by atoms with Crippen molar-refractivity contribution in [3.05, 3.63) is 48.5 Å². The van der Waals surface area contributed by atoms with Crippen LogP contribution in [0.5, 0.6) is 0 Å². The minimum atomic E-state index is 0. The van der Waals surface area contributed by atoms with Gasteiger partial charge in [-0.2, -0.15) is 0 Å². The van der Waals surface area contributed by atoms with Crippen LogP contribution in [0.1, 0.15) is 48.6 Å². The van der Waals surface area contributed by atoms with Crippen LogP contribution in [0.25, 0.3) is 0 Å². The standard InChI is InChI=1S/C17H23N3.3CH4/c1-17(2,3)20-12-14(11-19-9-8-18-13-19)10-15-6-4-5-7-16(15)20;;;/h4-9,13-14H,10-12H2,1-3H3;3*1H4/t14-;;;/m0.../s1. The average molecular weight is 318 g/mol. The molecule has 0 bridgehead atoms. The fourth-order valence-electron chi connectivity index (χ4n) is 3.13. The van der Waals surface area contributed by atoms with Crippen molar-refractivity contribution in [3.63, 3.8) is 0 Å². The van der Waals surface area contributed by atoms with E-state index in [-0.39, 0.29) is 27.8 Å². The highest BCUT2D eigenvalue weighted by Gasteiger charge is 2.30. The molecule has 1 atom stereocenters. The van der Waals surface area contributed by atoms with Gasteiger partial charge in [-0.15, -0.1) is 0 Å². The van der Waals surface area contributed by atoms with Crippen molar-refractivity contribution in [2.75, 3.05) is 11.4 Å². The maximum absolute atomic E-state index is 4.15. The van der Waals surface area contributed by atoms with Crippen LogP contribution in [0, 0.1) is 5.92 Å². The Kier molecular flexibility index (Phi) is 7.56. The maximum atomic E-state index is 4.15. The van der Waals surface area contributed by atoms with Crippen LogP contribution in [0.15, 0.2) is 43.0 Å². The molecule has 0 unspecified atom stereocenters. The summed E-state index contributed by atoms with van der Waals surface area (Å²) in [6, 6.07) is 8.83. The van der Waals surface area contributed by atoms with Crippen molar-refractivity contribution in [1.29, 1.82) is 0 Å². The summed E-state index contributed by atoms with van der Waals surface area (Å²) < 4.78 is 2.19. The Morgan fingerprint density at radius 3 is 2.43 bits per heavy atom. The van der Waals surface area contributed by atoms with E-state index in [2.05, 4.69) is 65.7 Å². The van der Waals surface area contributed by atoms with Gasteiger partial charge in [-0.3, -0.25) is 0 Å². The van der Waals surface area contributed by atoms with Crippen molar-refractivity contribution in [1.82, 2.24) is 9.55 Å². The Hall–Kier alpha value is -1.77. The molecule has 1 aliphatic rings. The largest absolute Gasteiger partial charge is 0.366 e. The van der Waals surface area contributed by atoms with E-state index in [1.807, 2.05) is 12.5 Å². The lowest BCUT2D eigenvalue weighted by Crippen LogP contribution is -2.48. The molecule has 130 valence electrons. The highest BCUT2D eigenvalue weighted by molar-refractivity contribution is 5.57. The number of para-hydroxylation sites is 1. The summed E-state index contributed by atoms with van der Waals surface area (Å²) >= 11 is 0. The van der Waals surface area contributed by atoms with Crippen molar-refractivity contribution < 1.29 is 0 Å². The molecule has 0 fully saturated rings. The first-order valence-corrected chi connectivity index (χ1v) is 7.35. The molecule has 0 spiro atoms. The maximum Gasteiger partial charge on any atom is 0.0946 e. The zero-order valence-corrected chi connectivity index (χ0v) is 12.6. The second-order valence-corrected chi connectivity index (χ2v) is 6.74. The molecule has 3 rings (SSSR count). The third-order valence-corrected chi connectivity index (χ3v) is 4.07. The van der Waals surface area contributed by atoms with Gasteiger partial charge in [0.15, 0.2) is 0 Å². The molecule has 23 heavy (non-hydrogen) atoms. The average Bonchev–Trinajstić information content (AvgIpc) is 2.89. The van der Waals surface area contributed by atoms with E-state index in [0.29, 0.717) is 5.92 Å². The van der Waals surface area contributed by atoms with Gasteiger partial charge >= 0.3 is 0 Å². The van der Waals surface area contributed by atoms with Crippen molar-refractivity contribution in [3.8, 4) is 0 Å². The second-order valence-electron chi connectivity index (χ2n) is 6.74. The highest BCUT2D eigenvalue weighted by atomic mass is 15.2. The van der Waals surface area contributed by atoms with Gasteiger partial charge in [-0.1, -0.05) is 40.5 Å². The molecule has 1 aromatic heterocycles. The van der Waals surface area contributed by atoms with Crippen molar-refractivity contribution >= 4 is 5.69 Å². The van der Waals surface area contributed by atoms with E-state index < -0.39 is 0 Å². The number of imidazole rings is 1. The third kappa shape index (κ3) is 4.60. The van der Waals surface area contributed by atoms with Gasteiger partial charge in [-0.25, -0.2) is 4.98 Å². The summed E-state index contributed by atoms with van der Waals surface area (Å²) in [5.74, 6) is 0.637. The van der Waals surface area contributed by atoms with Gasteiger partial charge < -0.3 is 9.47 Å². The highest BCUT2D eigenvalue weighted by Crippen LogP contribution is 2.34. The van der Waals surface area contributed by atoms with E-state index in [0.717, 1.165) is 19.5 Å². The molecule has 0 saturated heterocycles. The van der Waals surface area contributed by atoms with Crippen molar-refractivity contribution in [2.45, 2.75) is 61.6 Å². The molecule has 0 saturated carbocycles. The van der Waals surface area contributed by atoms with Crippen LogP contribution in [-0.2, 0) is 13.0 Å². The van der Waals surface area contributed by atoms with E-state index in [1.165, 1.54) is 11.3 Å². The summed E-state index contributed by atoms with van der Waals surface area (Å²) in [5, 5.41) is 0. The fraction of sp³-hybridized carbons (Fsp3) is 0.550. The zero-order valence-electron chi connectivity index (χ0n) is 12.6. The Bertz CT molecular complexity index is 567. The van der Waals surface area contributed by atoms with Gasteiger partial charge in [0.2, 0.25) is 0 Å². The van der Waals surface area contributed by atoms with Gasteiger partial charge in [0.25, 0.3) is 0 Å². The first kappa shape index (κ1) is 21.2. The quantitative estimate of drug-likeness (QED) is 0.752. The second kappa shape index (κ2) is 8.19. The lowest BCUT2D eigenvalue weighted by Gasteiger charge is -2.44. The molecular formula is C20H35N3. The predicted octanol–water partition coefficient (Wildman–Crippen LogP) is 5.27. The Morgan fingerprint density at radius 2 is 1.83 bits per heavy atom. The minimum absolute atomic E-state index is 0. The van der Waals surface area contributed by atoms with Crippen molar-refractivity contribution in [2.24, 2.45) is 5.92 Å². The molecule has 0 amide bonds. The number of rotatable bonds is 2. The van der Waals surface area contributed by atoms with E-state index in [9.17, 15) is 0 Å². The summed E-state index contributed by atoms with van der Waals surface area (Å²) in [5.41, 5.74) is 3.03. The summed E-state index contributed by atoms with van der Waals surface area (Å²) in [4.78, 5) is 6.70. The normalized spacial score (nSPS) is 16.5. The van der Waals surface area contributed by atoms with Crippen LogP contribution in [0.4, 0.5) is 5.69 Å². The first-order valence-electron chi connectivity index (χ1n) is 7.35. The predicted molar refractivity (Wildman–Crippen MR) is 103 cm³/mol. The third-order valence-electron chi connectivity index (χ3n) is 4.07. The number of aromatic nitrogens is 2. The van der Waals surface area contributed by atoms with Gasteiger partial charge in [-0.05, 0) is 44.7 Å². The summed E-state index contributed by atoms with van der Waals surface area (Å²) in [6.45, 7) is 9.04. The number of hydrogen-bond acceptors (Lipinski definition) is 2. The number of anilines is 1. The van der Waals surface area contributed by atoms with Crippen LogP contribution >= 0.6 is 0 Å². The lowest BCUT2D eigenvalue weighted by atomic mass is 9.89. The number of hydrogen-bond donors (Lipinski definition) is 0. The molecule has 3 nitrogen and oxygen atoms in total. The topological polar surface area (TPSA) is 21.1 Å². The minimum Gasteiger partial charge on any atom is -0.366 e. The molecule has 1 aliphatic heterocycles. The lowest BCUT2D eigenvalue weighted by molar-refractivity contribution is 0.374. The van der Waals surface area contributed by atoms with E-state index in [1.54, 1.807) is 0 Å². The van der Waals surface area contributed by atoms with Gasteiger partial charge in [0, 0.05) is 36.7 Å². The van der Waals surface area contributed by atoms with Crippen LogP contribution in [0.2, 0.25) is 0 Å². The molecule has 2 heterocycles. The van der Waals surface area contributed by atoms with E-state index >= 15 is 0 Å². The smallest absolute Gasteiger partial charge is 0.0946 e. The number of benzene rings is 1. The molecule has 0 radical (unpaired) electrons. The Morgan fingerprint density at radius 1 is 1.13 bits per heavy atom. The number of fused-ring (bicyclic) bond motifs is 1. The van der Waals surface area contributed by atoms with Crippen LogP contribution in [0.3, 0.4) is 0 Å². The fourth-order valence-corrected chi connectivity index (χ4v) is 3.13. The van der Waals surface area contributed by atoms with Gasteiger partial charge in [0.1, 0.15) is 0 Å². The molecule has 0 aliphatic carbocycles. The summed E-state index contributed by atoms with van der Waals surface area (Å²) in [7, 11) is 0. The SMILES string of the molecule is C.C.C.CC(C)(C)N1C[C@H](Cn2ccnc2)Cc2ccccc21. The first-order chi connectivity index (χ1) is 9.54. The van der Waals surface area contributed by atoms with Crippen LogP contribution < -0.4 is 4.90 Å². The molecule has 3 heteroatoms. The van der Waals surface area contributed by atoms with Crippen LogP contribution in [-0.4, -0.2) is 21.6 Å².